The van der Waals surface area contributed by atoms with Crippen molar-refractivity contribution >= 4 is 5.78 Å². The van der Waals surface area contributed by atoms with Crippen LogP contribution in [0.1, 0.15) is 49.4 Å². The predicted molar refractivity (Wildman–Crippen MR) is 75.2 cm³/mol. The Bertz CT molecular complexity index is 365. The second-order valence-electron chi connectivity index (χ2n) is 4.42. The number of unbranched alkanes of at least 4 members (excludes halogenated alkanes) is 4. The fraction of sp³-hybridized carbons (Fsp3) is 0.438. The third kappa shape index (κ3) is 5.67. The summed E-state index contributed by atoms with van der Waals surface area (Å²) in [5, 5.41) is 0. The molecule has 0 unspecified atom stereocenters. The summed E-state index contributed by atoms with van der Waals surface area (Å²) in [7, 11) is 0. The van der Waals surface area contributed by atoms with Gasteiger partial charge in [0.2, 0.25) is 0 Å². The maximum atomic E-state index is 11.1. The van der Waals surface area contributed by atoms with Gasteiger partial charge in [0.25, 0.3) is 0 Å². The van der Waals surface area contributed by atoms with Gasteiger partial charge in [0.15, 0.2) is 5.78 Å². The van der Waals surface area contributed by atoms with E-state index in [9.17, 15) is 4.79 Å². The molecule has 0 heterocycles. The van der Waals surface area contributed by atoms with Crippen LogP contribution in [-0.2, 0) is 0 Å². The molecule has 1 aromatic rings. The van der Waals surface area contributed by atoms with Gasteiger partial charge in [-0.1, -0.05) is 18.9 Å². The molecule has 1 rings (SSSR count). The van der Waals surface area contributed by atoms with Crippen molar-refractivity contribution in [3.8, 4) is 5.75 Å². The van der Waals surface area contributed by atoms with E-state index >= 15 is 0 Å². The summed E-state index contributed by atoms with van der Waals surface area (Å²) in [6.07, 6.45) is 7.79. The molecule has 0 fully saturated rings. The molecule has 0 aliphatic heterocycles. The number of ether oxygens (including phenoxy) is 1. The predicted octanol–water partition coefficient (Wildman–Crippen LogP) is 4.40. The van der Waals surface area contributed by atoms with E-state index in [-0.39, 0.29) is 5.78 Å². The van der Waals surface area contributed by atoms with Crippen LogP contribution in [-0.4, -0.2) is 12.4 Å². The third-order valence-corrected chi connectivity index (χ3v) is 2.83. The molecule has 0 spiro atoms. The number of carbonyl (C=O) groups is 1. The maximum Gasteiger partial charge on any atom is 0.159 e. The van der Waals surface area contributed by atoms with E-state index in [0.29, 0.717) is 0 Å². The van der Waals surface area contributed by atoms with E-state index in [1.807, 2.05) is 30.3 Å². The summed E-state index contributed by atoms with van der Waals surface area (Å²) < 4.78 is 5.62. The standard InChI is InChI=1S/C16H22O2/c1-3-4-5-6-7-8-13-18-16-11-9-15(10-12-16)14(2)17/h3,9-12H,1,4-8,13H2,2H3. The molecule has 0 N–H and O–H groups in total. The van der Waals surface area contributed by atoms with Gasteiger partial charge in [0, 0.05) is 5.56 Å². The average Bonchev–Trinajstić information content (AvgIpc) is 2.38. The van der Waals surface area contributed by atoms with Crippen molar-refractivity contribution < 1.29 is 9.53 Å². The fourth-order valence-electron chi connectivity index (χ4n) is 1.72. The SMILES string of the molecule is C=CCCCCCCOc1ccc(C(C)=O)cc1. The number of benzene rings is 1. The van der Waals surface area contributed by atoms with Gasteiger partial charge in [-0.25, -0.2) is 0 Å². The molecule has 0 saturated heterocycles. The molecule has 18 heavy (non-hydrogen) atoms. The molecule has 2 heteroatoms. The Morgan fingerprint density at radius 1 is 1.17 bits per heavy atom. The molecule has 1 aromatic carbocycles. The van der Waals surface area contributed by atoms with Gasteiger partial charge in [-0.2, -0.15) is 0 Å². The lowest BCUT2D eigenvalue weighted by Crippen LogP contribution is -1.98. The first-order chi connectivity index (χ1) is 8.74. The minimum atomic E-state index is 0.0868. The molecule has 0 radical (unpaired) electrons. The minimum absolute atomic E-state index is 0.0868. The smallest absolute Gasteiger partial charge is 0.159 e. The Labute approximate surface area is 110 Å². The van der Waals surface area contributed by atoms with Crippen LogP contribution in [0, 0.1) is 0 Å². The molecular formula is C16H22O2. The first kappa shape index (κ1) is 14.5. The molecule has 0 aromatic heterocycles. The fourth-order valence-corrected chi connectivity index (χ4v) is 1.72. The second-order valence-corrected chi connectivity index (χ2v) is 4.42. The van der Waals surface area contributed by atoms with Gasteiger partial charge >= 0.3 is 0 Å². The molecule has 0 atom stereocenters. The zero-order valence-electron chi connectivity index (χ0n) is 11.2. The topological polar surface area (TPSA) is 26.3 Å². The average molecular weight is 246 g/mol. The van der Waals surface area contributed by atoms with Crippen LogP contribution in [0.4, 0.5) is 0 Å². The van der Waals surface area contributed by atoms with Gasteiger partial charge in [0.1, 0.15) is 5.75 Å². The van der Waals surface area contributed by atoms with E-state index < -0.39 is 0 Å². The Morgan fingerprint density at radius 3 is 2.44 bits per heavy atom. The quantitative estimate of drug-likeness (QED) is 0.366. The Kier molecular flexibility index (Phi) is 6.85. The highest BCUT2D eigenvalue weighted by Gasteiger charge is 1.99. The molecule has 0 saturated carbocycles. The summed E-state index contributed by atoms with van der Waals surface area (Å²) in [4.78, 5) is 11.1. The minimum Gasteiger partial charge on any atom is -0.494 e. The van der Waals surface area contributed by atoms with Crippen LogP contribution < -0.4 is 4.74 Å². The molecular weight excluding hydrogens is 224 g/mol. The van der Waals surface area contributed by atoms with E-state index in [4.69, 9.17) is 4.74 Å². The van der Waals surface area contributed by atoms with Crippen molar-refractivity contribution in [2.24, 2.45) is 0 Å². The summed E-state index contributed by atoms with van der Waals surface area (Å²) >= 11 is 0. The highest BCUT2D eigenvalue weighted by Crippen LogP contribution is 2.13. The highest BCUT2D eigenvalue weighted by molar-refractivity contribution is 5.94. The Morgan fingerprint density at radius 2 is 1.83 bits per heavy atom. The van der Waals surface area contributed by atoms with E-state index in [0.717, 1.165) is 30.8 Å². The monoisotopic (exact) mass is 246 g/mol. The molecule has 0 aliphatic rings. The first-order valence-corrected chi connectivity index (χ1v) is 6.58. The summed E-state index contributed by atoms with van der Waals surface area (Å²) in [5.74, 6) is 0.926. The lowest BCUT2D eigenvalue weighted by Gasteiger charge is -2.06. The van der Waals surface area contributed by atoms with E-state index in [1.165, 1.54) is 19.3 Å². The first-order valence-electron chi connectivity index (χ1n) is 6.58. The number of rotatable bonds is 9. The summed E-state index contributed by atoms with van der Waals surface area (Å²) in [6.45, 7) is 6.02. The van der Waals surface area contributed by atoms with Crippen LogP contribution in [0.15, 0.2) is 36.9 Å². The van der Waals surface area contributed by atoms with Crippen LogP contribution in [0.25, 0.3) is 0 Å². The molecule has 0 bridgehead atoms. The molecule has 98 valence electrons. The van der Waals surface area contributed by atoms with Crippen molar-refractivity contribution in [2.75, 3.05) is 6.61 Å². The number of hydrogen-bond acceptors (Lipinski definition) is 2. The van der Waals surface area contributed by atoms with Crippen molar-refractivity contribution in [1.82, 2.24) is 0 Å². The van der Waals surface area contributed by atoms with Crippen molar-refractivity contribution in [3.63, 3.8) is 0 Å². The number of hydrogen-bond donors (Lipinski definition) is 0. The van der Waals surface area contributed by atoms with E-state index in [2.05, 4.69) is 6.58 Å². The highest BCUT2D eigenvalue weighted by atomic mass is 16.5. The summed E-state index contributed by atoms with van der Waals surface area (Å²) in [6, 6.07) is 7.33. The van der Waals surface area contributed by atoms with Crippen LogP contribution in [0.3, 0.4) is 0 Å². The summed E-state index contributed by atoms with van der Waals surface area (Å²) in [5.41, 5.74) is 0.728. The zero-order valence-corrected chi connectivity index (χ0v) is 11.2. The van der Waals surface area contributed by atoms with Gasteiger partial charge < -0.3 is 4.74 Å². The number of Topliss-reactive ketones (excluding diaryl/α,β-unsaturated/α-hetero) is 1. The van der Waals surface area contributed by atoms with Gasteiger partial charge in [-0.15, -0.1) is 6.58 Å². The normalized spacial score (nSPS) is 10.1. The van der Waals surface area contributed by atoms with Crippen molar-refractivity contribution in [2.45, 2.75) is 39.0 Å². The largest absolute Gasteiger partial charge is 0.494 e. The zero-order chi connectivity index (χ0) is 13.2. The second kappa shape index (κ2) is 8.51. The van der Waals surface area contributed by atoms with Crippen LogP contribution in [0.5, 0.6) is 5.75 Å². The van der Waals surface area contributed by atoms with Crippen molar-refractivity contribution in [3.05, 3.63) is 42.5 Å². The number of carbonyl (C=O) groups excluding carboxylic acids is 1. The van der Waals surface area contributed by atoms with Crippen LogP contribution >= 0.6 is 0 Å². The lowest BCUT2D eigenvalue weighted by atomic mass is 10.1. The van der Waals surface area contributed by atoms with Gasteiger partial charge in [-0.05, 0) is 50.5 Å². The number of ketones is 1. The Balaban J connectivity index is 2.15. The van der Waals surface area contributed by atoms with E-state index in [1.54, 1.807) is 6.92 Å². The maximum absolute atomic E-state index is 11.1. The van der Waals surface area contributed by atoms with Gasteiger partial charge in [-0.3, -0.25) is 4.79 Å². The van der Waals surface area contributed by atoms with Crippen LogP contribution in [0.2, 0.25) is 0 Å². The molecule has 0 aliphatic carbocycles. The molecule has 2 nitrogen and oxygen atoms in total. The lowest BCUT2D eigenvalue weighted by molar-refractivity contribution is 0.101. The Hall–Kier alpha value is -1.57. The number of allylic oxidation sites excluding steroid dienone is 1. The van der Waals surface area contributed by atoms with Crippen molar-refractivity contribution in [1.29, 1.82) is 0 Å². The third-order valence-electron chi connectivity index (χ3n) is 2.83. The van der Waals surface area contributed by atoms with Gasteiger partial charge in [0.05, 0.1) is 6.61 Å². The molecule has 0 amide bonds.